The summed E-state index contributed by atoms with van der Waals surface area (Å²) in [5, 5.41) is 3.04. The Balaban J connectivity index is 2.25. The van der Waals surface area contributed by atoms with Crippen molar-refractivity contribution in [2.45, 2.75) is 40.7 Å². The van der Waals surface area contributed by atoms with Crippen LogP contribution < -0.4 is 10.1 Å². The first-order valence-electron chi connectivity index (χ1n) is 9.70. The van der Waals surface area contributed by atoms with Gasteiger partial charge in [-0.15, -0.1) is 0 Å². The van der Waals surface area contributed by atoms with Crippen molar-refractivity contribution in [2.75, 3.05) is 26.7 Å². The van der Waals surface area contributed by atoms with Crippen LogP contribution in [0.2, 0.25) is 0 Å². The largest absolute Gasteiger partial charge is 0.497 e. The number of rotatable bonds is 9. The molecule has 1 aromatic heterocycles. The second-order valence-electron chi connectivity index (χ2n) is 6.90. The number of hydrogen-bond donors (Lipinski definition) is 2. The zero-order valence-corrected chi connectivity index (χ0v) is 17.7. The monoisotopic (exact) mass is 385 g/mol. The SMILES string of the molecule is CCN(CC)C(CNC(=O)c1[nH]c(C)c(C(C)=O)c1C)c1cccc(OC)c1. The fraction of sp³-hybridized carbons (Fsp3) is 0.455. The fourth-order valence-corrected chi connectivity index (χ4v) is 3.75. The molecule has 2 N–H and O–H groups in total. The predicted octanol–water partition coefficient (Wildman–Crippen LogP) is 3.66. The fourth-order valence-electron chi connectivity index (χ4n) is 3.75. The number of nitrogens with one attached hydrogen (secondary N) is 2. The van der Waals surface area contributed by atoms with Gasteiger partial charge >= 0.3 is 0 Å². The molecule has 6 heteroatoms. The maximum Gasteiger partial charge on any atom is 0.268 e. The Bertz CT molecular complexity index is 838. The number of ether oxygens (including phenoxy) is 1. The van der Waals surface area contributed by atoms with E-state index in [0.29, 0.717) is 23.4 Å². The van der Waals surface area contributed by atoms with Crippen LogP contribution in [0.15, 0.2) is 24.3 Å². The highest BCUT2D eigenvalue weighted by Crippen LogP contribution is 2.24. The molecule has 1 amide bonds. The highest BCUT2D eigenvalue weighted by Gasteiger charge is 2.23. The van der Waals surface area contributed by atoms with Crippen molar-refractivity contribution in [1.29, 1.82) is 0 Å². The van der Waals surface area contributed by atoms with Crippen molar-refractivity contribution in [2.24, 2.45) is 0 Å². The number of amides is 1. The molecule has 0 saturated heterocycles. The average Bonchev–Trinajstić information content (AvgIpc) is 2.99. The number of H-pyrrole nitrogens is 1. The second kappa shape index (κ2) is 9.55. The maximum absolute atomic E-state index is 12.8. The molecule has 28 heavy (non-hydrogen) atoms. The number of aromatic amines is 1. The van der Waals surface area contributed by atoms with Gasteiger partial charge in [-0.1, -0.05) is 26.0 Å². The van der Waals surface area contributed by atoms with Crippen molar-refractivity contribution in [3.05, 3.63) is 52.3 Å². The Hall–Kier alpha value is -2.60. The quantitative estimate of drug-likeness (QED) is 0.646. The van der Waals surface area contributed by atoms with E-state index >= 15 is 0 Å². The number of hydrogen-bond acceptors (Lipinski definition) is 4. The molecule has 0 spiro atoms. The lowest BCUT2D eigenvalue weighted by atomic mass is 10.0. The summed E-state index contributed by atoms with van der Waals surface area (Å²) < 4.78 is 5.36. The Labute approximate surface area is 167 Å². The number of carbonyl (C=O) groups is 2. The summed E-state index contributed by atoms with van der Waals surface area (Å²) in [7, 11) is 1.65. The molecule has 0 fully saturated rings. The molecule has 1 unspecified atom stereocenters. The third-order valence-corrected chi connectivity index (χ3v) is 5.20. The summed E-state index contributed by atoms with van der Waals surface area (Å²) >= 11 is 0. The van der Waals surface area contributed by atoms with Crippen LogP contribution in [0, 0.1) is 13.8 Å². The zero-order valence-electron chi connectivity index (χ0n) is 17.7. The normalized spacial score (nSPS) is 12.1. The van der Waals surface area contributed by atoms with Crippen LogP contribution in [0.25, 0.3) is 0 Å². The molecule has 2 aromatic rings. The molecule has 0 aliphatic heterocycles. The summed E-state index contributed by atoms with van der Waals surface area (Å²) in [4.78, 5) is 30.0. The first-order valence-corrected chi connectivity index (χ1v) is 9.70. The lowest BCUT2D eigenvalue weighted by Gasteiger charge is -2.30. The summed E-state index contributed by atoms with van der Waals surface area (Å²) in [6.45, 7) is 11.5. The Morgan fingerprint density at radius 1 is 1.21 bits per heavy atom. The maximum atomic E-state index is 12.8. The van der Waals surface area contributed by atoms with Gasteiger partial charge in [0.25, 0.3) is 5.91 Å². The third-order valence-electron chi connectivity index (χ3n) is 5.20. The van der Waals surface area contributed by atoms with Gasteiger partial charge in [0, 0.05) is 17.8 Å². The van der Waals surface area contributed by atoms with Crippen LogP contribution in [-0.4, -0.2) is 48.3 Å². The number of methoxy groups -OCH3 is 1. The van der Waals surface area contributed by atoms with Crippen molar-refractivity contribution in [3.8, 4) is 5.75 Å². The summed E-state index contributed by atoms with van der Waals surface area (Å²) in [5.74, 6) is 0.554. The van der Waals surface area contributed by atoms with E-state index in [1.165, 1.54) is 6.92 Å². The van der Waals surface area contributed by atoms with E-state index in [-0.39, 0.29) is 17.7 Å². The highest BCUT2D eigenvalue weighted by atomic mass is 16.5. The van der Waals surface area contributed by atoms with E-state index in [1.54, 1.807) is 14.0 Å². The standard InChI is InChI=1S/C22H31N3O3/c1-7-25(8-2)19(17-10-9-11-18(12-17)28-6)13-23-22(27)21-14(3)20(16(5)26)15(4)24-21/h9-12,19,24H,7-8,13H2,1-6H3,(H,23,27). The number of carbonyl (C=O) groups excluding carboxylic acids is 2. The number of benzene rings is 1. The van der Waals surface area contributed by atoms with E-state index in [9.17, 15) is 9.59 Å². The highest BCUT2D eigenvalue weighted by molar-refractivity contribution is 6.02. The van der Waals surface area contributed by atoms with Crippen molar-refractivity contribution in [1.82, 2.24) is 15.2 Å². The van der Waals surface area contributed by atoms with E-state index in [2.05, 4.69) is 35.1 Å². The van der Waals surface area contributed by atoms with Crippen LogP contribution in [0.4, 0.5) is 0 Å². The molecule has 1 atom stereocenters. The Morgan fingerprint density at radius 2 is 1.89 bits per heavy atom. The molecule has 6 nitrogen and oxygen atoms in total. The van der Waals surface area contributed by atoms with E-state index in [1.807, 2.05) is 25.1 Å². The molecular formula is C22H31N3O3. The second-order valence-corrected chi connectivity index (χ2v) is 6.90. The van der Waals surface area contributed by atoms with Crippen LogP contribution in [-0.2, 0) is 0 Å². The van der Waals surface area contributed by atoms with E-state index < -0.39 is 0 Å². The van der Waals surface area contributed by atoms with Gasteiger partial charge in [-0.3, -0.25) is 14.5 Å². The van der Waals surface area contributed by atoms with Crippen molar-refractivity contribution < 1.29 is 14.3 Å². The minimum Gasteiger partial charge on any atom is -0.497 e. The topological polar surface area (TPSA) is 74.4 Å². The van der Waals surface area contributed by atoms with Crippen molar-refractivity contribution in [3.63, 3.8) is 0 Å². The minimum atomic E-state index is -0.201. The van der Waals surface area contributed by atoms with Crippen LogP contribution in [0.3, 0.4) is 0 Å². The smallest absolute Gasteiger partial charge is 0.268 e. The first-order chi connectivity index (χ1) is 13.3. The average molecular weight is 386 g/mol. The molecule has 0 aliphatic rings. The molecule has 0 radical (unpaired) electrons. The van der Waals surface area contributed by atoms with Crippen LogP contribution in [0.5, 0.6) is 5.75 Å². The predicted molar refractivity (Wildman–Crippen MR) is 111 cm³/mol. The van der Waals surface area contributed by atoms with E-state index in [0.717, 1.165) is 30.1 Å². The van der Waals surface area contributed by atoms with Gasteiger partial charge in [0.1, 0.15) is 11.4 Å². The van der Waals surface area contributed by atoms with Gasteiger partial charge in [0.2, 0.25) is 0 Å². The lowest BCUT2D eigenvalue weighted by Crippen LogP contribution is -2.38. The molecule has 0 bridgehead atoms. The number of ketones is 1. The molecule has 152 valence electrons. The van der Waals surface area contributed by atoms with Crippen molar-refractivity contribution >= 4 is 11.7 Å². The molecule has 0 saturated carbocycles. The van der Waals surface area contributed by atoms with Gasteiger partial charge in [-0.25, -0.2) is 0 Å². The number of Topliss-reactive ketones (excluding diaryl/α,β-unsaturated/α-hetero) is 1. The zero-order chi connectivity index (χ0) is 20.8. The summed E-state index contributed by atoms with van der Waals surface area (Å²) in [5.41, 5.74) is 3.56. The number of nitrogens with zero attached hydrogens (tertiary/aromatic N) is 1. The first kappa shape index (κ1) is 21.7. The van der Waals surface area contributed by atoms with Gasteiger partial charge in [0.05, 0.1) is 13.2 Å². The molecule has 1 aromatic carbocycles. The van der Waals surface area contributed by atoms with Crippen LogP contribution in [0.1, 0.15) is 64.5 Å². The number of likely N-dealkylation sites (N-methyl/N-ethyl adjacent to an activating group) is 1. The van der Waals surface area contributed by atoms with E-state index in [4.69, 9.17) is 4.74 Å². The van der Waals surface area contributed by atoms with Gasteiger partial charge in [0.15, 0.2) is 5.78 Å². The molecular weight excluding hydrogens is 354 g/mol. The minimum absolute atomic E-state index is 0.0256. The van der Waals surface area contributed by atoms with Gasteiger partial charge < -0.3 is 15.0 Å². The summed E-state index contributed by atoms with van der Waals surface area (Å²) in [6, 6.07) is 7.96. The number of aromatic nitrogens is 1. The third kappa shape index (κ3) is 4.62. The Morgan fingerprint density at radius 3 is 2.43 bits per heavy atom. The number of aryl methyl sites for hydroxylation is 1. The lowest BCUT2D eigenvalue weighted by molar-refractivity contribution is 0.0929. The van der Waals surface area contributed by atoms with Gasteiger partial charge in [-0.2, -0.15) is 0 Å². The van der Waals surface area contributed by atoms with Gasteiger partial charge in [-0.05, 0) is 57.1 Å². The molecule has 1 heterocycles. The Kier molecular flexibility index (Phi) is 7.40. The molecule has 2 rings (SSSR count). The molecule has 0 aliphatic carbocycles. The van der Waals surface area contributed by atoms with Crippen LogP contribution >= 0.6 is 0 Å². The summed E-state index contributed by atoms with van der Waals surface area (Å²) in [6.07, 6.45) is 0.